The molecule has 0 aromatic heterocycles. The number of carbonyl (C=O) groups excluding carboxylic acids is 1. The maximum absolute atomic E-state index is 8.58. The molecule has 0 spiro atoms. The summed E-state index contributed by atoms with van der Waals surface area (Å²) in [4.78, 5) is 8.58. The Morgan fingerprint density at radius 1 is 1.75 bits per heavy atom. The van der Waals surface area contributed by atoms with Crippen LogP contribution >= 0.6 is 0 Å². The summed E-state index contributed by atoms with van der Waals surface area (Å²) in [6.45, 7) is 0. The van der Waals surface area contributed by atoms with Crippen LogP contribution in [0.15, 0.2) is 0 Å². The third-order valence-corrected chi connectivity index (χ3v) is 0. The van der Waals surface area contributed by atoms with E-state index in [-0.39, 0.29) is 57.8 Å². The molecule has 0 aliphatic rings. The second-order valence-corrected chi connectivity index (χ2v) is 0.136. The van der Waals surface area contributed by atoms with E-state index >= 15 is 0 Å². The van der Waals surface area contributed by atoms with Crippen LogP contribution < -0.4 is 5.73 Å². The summed E-state index contributed by atoms with van der Waals surface area (Å²) in [6.07, 6.45) is 0.250. The standard InChI is InChI=1S/CH3NO.K.H/c2-1-3;;/h1H,(H2,2,3);;. The SMILES string of the molecule is NC=O.[KH]. The molecule has 0 atom stereocenters. The van der Waals surface area contributed by atoms with Gasteiger partial charge in [0.1, 0.15) is 0 Å². The summed E-state index contributed by atoms with van der Waals surface area (Å²) in [7, 11) is 0. The fourth-order valence-corrected chi connectivity index (χ4v) is 0. The minimum absolute atomic E-state index is 0. The van der Waals surface area contributed by atoms with E-state index in [1.54, 1.807) is 0 Å². The molecule has 0 radical (unpaired) electrons. The quantitative estimate of drug-likeness (QED) is 0.281. The second kappa shape index (κ2) is 8.93. The maximum atomic E-state index is 8.58. The van der Waals surface area contributed by atoms with Gasteiger partial charge in [0.2, 0.25) is 6.41 Å². The molecular weight excluding hydrogens is 81.1 g/mol. The van der Waals surface area contributed by atoms with Crippen LogP contribution in [0.25, 0.3) is 0 Å². The van der Waals surface area contributed by atoms with Gasteiger partial charge in [0.25, 0.3) is 0 Å². The molecular formula is CH4KNO. The molecule has 0 aromatic rings. The van der Waals surface area contributed by atoms with E-state index in [1.807, 2.05) is 0 Å². The minimum atomic E-state index is 0. The van der Waals surface area contributed by atoms with Crippen LogP contribution in [0.1, 0.15) is 0 Å². The van der Waals surface area contributed by atoms with Crippen molar-refractivity contribution in [1.82, 2.24) is 0 Å². The van der Waals surface area contributed by atoms with Gasteiger partial charge >= 0.3 is 51.4 Å². The molecule has 0 aliphatic carbocycles. The summed E-state index contributed by atoms with van der Waals surface area (Å²) >= 11 is 0. The fraction of sp³-hybridized carbons (Fsp3) is 0. The Balaban J connectivity index is 0. The Morgan fingerprint density at radius 2 is 1.75 bits per heavy atom. The molecule has 4 heavy (non-hydrogen) atoms. The van der Waals surface area contributed by atoms with E-state index in [9.17, 15) is 0 Å². The first kappa shape index (κ1) is 8.92. The van der Waals surface area contributed by atoms with Gasteiger partial charge < -0.3 is 5.73 Å². The third-order valence-electron chi connectivity index (χ3n) is 0. The zero-order valence-electron chi connectivity index (χ0n) is 1.56. The number of carbonyl (C=O) groups is 1. The molecule has 0 unspecified atom stereocenters. The summed E-state index contributed by atoms with van der Waals surface area (Å²) in [5, 5.41) is 0. The normalized spacial score (nSPS) is 3.00. The Kier molecular flexibility index (Phi) is 19.9. The number of primary amides is 1. The van der Waals surface area contributed by atoms with Crippen LogP contribution in [0.2, 0.25) is 0 Å². The average Bonchev–Trinajstić information content (AvgIpc) is 0.918. The predicted molar refractivity (Wildman–Crippen MR) is 17.4 cm³/mol. The van der Waals surface area contributed by atoms with Crippen LogP contribution in [0.3, 0.4) is 0 Å². The number of hydrogen-bond acceptors (Lipinski definition) is 1. The van der Waals surface area contributed by atoms with Crippen molar-refractivity contribution in [3.63, 3.8) is 0 Å². The summed E-state index contributed by atoms with van der Waals surface area (Å²) in [6, 6.07) is 0. The zero-order chi connectivity index (χ0) is 2.71. The van der Waals surface area contributed by atoms with Gasteiger partial charge in [-0.15, -0.1) is 0 Å². The van der Waals surface area contributed by atoms with Crippen molar-refractivity contribution in [2.45, 2.75) is 0 Å². The first-order valence-electron chi connectivity index (χ1n) is 0.569. The van der Waals surface area contributed by atoms with Crippen molar-refractivity contribution in [2.24, 2.45) is 5.73 Å². The zero-order valence-corrected chi connectivity index (χ0v) is 1.56. The van der Waals surface area contributed by atoms with Gasteiger partial charge in [-0.1, -0.05) is 0 Å². The molecule has 20 valence electrons. The summed E-state index contributed by atoms with van der Waals surface area (Å²) < 4.78 is 0. The second-order valence-electron chi connectivity index (χ2n) is 0.136. The van der Waals surface area contributed by atoms with Crippen molar-refractivity contribution in [1.29, 1.82) is 0 Å². The first-order chi connectivity index (χ1) is 1.41. The van der Waals surface area contributed by atoms with Crippen molar-refractivity contribution in [3.8, 4) is 0 Å². The van der Waals surface area contributed by atoms with Crippen LogP contribution in [0.5, 0.6) is 0 Å². The van der Waals surface area contributed by atoms with Gasteiger partial charge in [-0.3, -0.25) is 4.79 Å². The molecule has 0 heterocycles. The molecule has 0 aliphatic heterocycles. The molecule has 0 rings (SSSR count). The van der Waals surface area contributed by atoms with Crippen LogP contribution in [0, 0.1) is 0 Å². The van der Waals surface area contributed by atoms with E-state index in [4.69, 9.17) is 4.79 Å². The summed E-state index contributed by atoms with van der Waals surface area (Å²) in [5.41, 5.74) is 4.17. The Bertz CT molecular complexity index is 15.5. The van der Waals surface area contributed by atoms with E-state index in [1.165, 1.54) is 0 Å². The van der Waals surface area contributed by atoms with E-state index in [0.717, 1.165) is 0 Å². The number of amides is 1. The molecule has 0 aromatic carbocycles. The number of rotatable bonds is 0. The fourth-order valence-electron chi connectivity index (χ4n) is 0. The van der Waals surface area contributed by atoms with Gasteiger partial charge in [0.05, 0.1) is 0 Å². The van der Waals surface area contributed by atoms with Gasteiger partial charge in [-0.25, -0.2) is 0 Å². The molecule has 0 bridgehead atoms. The topological polar surface area (TPSA) is 43.1 Å². The molecule has 3 heteroatoms. The average molecular weight is 85.1 g/mol. The third kappa shape index (κ3) is 11.3. The molecule has 2 nitrogen and oxygen atoms in total. The van der Waals surface area contributed by atoms with Gasteiger partial charge in [-0.05, 0) is 0 Å². The first-order valence-corrected chi connectivity index (χ1v) is 0.569. The number of nitrogens with two attached hydrogens (primary N) is 1. The van der Waals surface area contributed by atoms with E-state index in [2.05, 4.69) is 5.73 Å². The van der Waals surface area contributed by atoms with E-state index < -0.39 is 0 Å². The van der Waals surface area contributed by atoms with Gasteiger partial charge in [0.15, 0.2) is 0 Å². The van der Waals surface area contributed by atoms with Crippen molar-refractivity contribution >= 4 is 57.8 Å². The van der Waals surface area contributed by atoms with Crippen LogP contribution in [-0.2, 0) is 4.79 Å². The van der Waals surface area contributed by atoms with Gasteiger partial charge in [-0.2, -0.15) is 0 Å². The number of hydrogen-bond donors (Lipinski definition) is 1. The predicted octanol–water partition coefficient (Wildman–Crippen LogP) is -1.55. The molecule has 0 saturated carbocycles. The molecule has 2 N–H and O–H groups in total. The van der Waals surface area contributed by atoms with Crippen LogP contribution in [-0.4, -0.2) is 57.8 Å². The molecule has 0 saturated heterocycles. The van der Waals surface area contributed by atoms with Crippen molar-refractivity contribution in [3.05, 3.63) is 0 Å². The van der Waals surface area contributed by atoms with Gasteiger partial charge in [0, 0.05) is 0 Å². The monoisotopic (exact) mass is 85.0 g/mol. The van der Waals surface area contributed by atoms with E-state index in [0.29, 0.717) is 0 Å². The van der Waals surface area contributed by atoms with Crippen LogP contribution in [0.4, 0.5) is 0 Å². The Morgan fingerprint density at radius 3 is 1.75 bits per heavy atom. The molecule has 1 amide bonds. The molecule has 0 fully saturated rings. The summed E-state index contributed by atoms with van der Waals surface area (Å²) in [5.74, 6) is 0. The van der Waals surface area contributed by atoms with Crippen molar-refractivity contribution in [2.75, 3.05) is 0 Å². The van der Waals surface area contributed by atoms with Crippen molar-refractivity contribution < 1.29 is 4.79 Å². The Labute approximate surface area is 67.2 Å². The Hall–Kier alpha value is 1.11.